The molecule has 1 heterocycles. The molecule has 0 saturated carbocycles. The van der Waals surface area contributed by atoms with Crippen molar-refractivity contribution >= 4 is 32.8 Å². The quantitative estimate of drug-likeness (QED) is 0.673. The molecule has 1 unspecified atom stereocenters. The minimum atomic E-state index is -2.74. The molecular formula is C11H15ClN2O4S. The van der Waals surface area contributed by atoms with Crippen molar-refractivity contribution in [1.82, 2.24) is 9.71 Å². The van der Waals surface area contributed by atoms with E-state index >= 15 is 0 Å². The van der Waals surface area contributed by atoms with Gasteiger partial charge in [0.05, 0.1) is 23.4 Å². The summed E-state index contributed by atoms with van der Waals surface area (Å²) in [7, 11) is -1.29. The zero-order valence-electron chi connectivity index (χ0n) is 10.8. The fourth-order valence-corrected chi connectivity index (χ4v) is 2.59. The van der Waals surface area contributed by atoms with Crippen molar-refractivity contribution in [3.05, 3.63) is 22.8 Å². The van der Waals surface area contributed by atoms with Crippen LogP contribution in [0.3, 0.4) is 0 Å². The largest absolute Gasteiger partial charge is 0.481 e. The van der Waals surface area contributed by atoms with Gasteiger partial charge in [0.2, 0.25) is 5.88 Å². The van der Waals surface area contributed by atoms with Crippen molar-refractivity contribution in [2.24, 2.45) is 0 Å². The lowest BCUT2D eigenvalue weighted by molar-refractivity contribution is 0.159. The number of carbonyl (C=O) groups excluding carboxylic acids is 1. The van der Waals surface area contributed by atoms with Gasteiger partial charge < -0.3 is 9.47 Å². The first-order valence-electron chi connectivity index (χ1n) is 5.36. The van der Waals surface area contributed by atoms with E-state index in [4.69, 9.17) is 16.3 Å². The second-order valence-electron chi connectivity index (χ2n) is 3.61. The van der Waals surface area contributed by atoms with Crippen LogP contribution in [0.5, 0.6) is 5.88 Å². The molecule has 1 N–H and O–H groups in total. The summed E-state index contributed by atoms with van der Waals surface area (Å²) in [6, 6.07) is 3.07. The molecule has 1 atom stereocenters. The van der Waals surface area contributed by atoms with Gasteiger partial charge in [-0.3, -0.25) is 0 Å². The maximum Gasteiger partial charge on any atom is 0.418 e. The minimum Gasteiger partial charge on any atom is -0.481 e. The van der Waals surface area contributed by atoms with Crippen molar-refractivity contribution in [2.45, 2.75) is 6.92 Å². The van der Waals surface area contributed by atoms with E-state index in [1.165, 1.54) is 24.8 Å². The number of pyridine rings is 1. The van der Waals surface area contributed by atoms with Gasteiger partial charge in [-0.05, 0) is 18.6 Å². The summed E-state index contributed by atoms with van der Waals surface area (Å²) in [5, 5.41) is 1.58. The van der Waals surface area contributed by atoms with E-state index in [0.717, 1.165) is 0 Å². The van der Waals surface area contributed by atoms with E-state index in [1.54, 1.807) is 13.0 Å². The van der Waals surface area contributed by atoms with Crippen molar-refractivity contribution in [3.8, 4) is 5.88 Å². The molecule has 6 nitrogen and oxygen atoms in total. The number of nitrogens with one attached hydrogen (secondary N) is 1. The van der Waals surface area contributed by atoms with Crippen LogP contribution in [0, 0.1) is 0 Å². The molecule has 0 aliphatic carbocycles. The average molecular weight is 307 g/mol. The van der Waals surface area contributed by atoms with Gasteiger partial charge in [-0.1, -0.05) is 11.6 Å². The maximum absolute atomic E-state index is 12.2. The number of methoxy groups -OCH3 is 1. The van der Waals surface area contributed by atoms with E-state index in [-0.39, 0.29) is 11.8 Å². The number of ether oxygens (including phenoxy) is 2. The van der Waals surface area contributed by atoms with Gasteiger partial charge in [0, 0.05) is 17.7 Å². The molecule has 0 bridgehead atoms. The van der Waals surface area contributed by atoms with Crippen LogP contribution in [0.15, 0.2) is 12.1 Å². The lowest BCUT2D eigenvalue weighted by Crippen LogP contribution is -2.31. The van der Waals surface area contributed by atoms with Crippen molar-refractivity contribution in [2.75, 3.05) is 20.0 Å². The van der Waals surface area contributed by atoms with Crippen molar-refractivity contribution in [3.63, 3.8) is 0 Å². The van der Waals surface area contributed by atoms with E-state index in [1.807, 2.05) is 0 Å². The SMILES string of the molecule is CCOC(=O)NS(C)(=O)=Cc1cc(Cl)nc(OC)c1. The van der Waals surface area contributed by atoms with Crippen molar-refractivity contribution < 1.29 is 18.5 Å². The zero-order valence-corrected chi connectivity index (χ0v) is 12.4. The summed E-state index contributed by atoms with van der Waals surface area (Å²) >= 11 is 5.80. The predicted molar refractivity (Wildman–Crippen MR) is 75.2 cm³/mol. The third-order valence-corrected chi connectivity index (χ3v) is 3.41. The standard InChI is InChI=1S/C11H15ClN2O4S/c1-4-18-11(15)14-19(3,16)7-8-5-9(12)13-10(6-8)17-2/h5-7H,4H2,1-3H3,(H,14,15,16). The van der Waals surface area contributed by atoms with Crippen molar-refractivity contribution in [1.29, 1.82) is 0 Å². The van der Waals surface area contributed by atoms with Crippen LogP contribution >= 0.6 is 11.6 Å². The van der Waals surface area contributed by atoms with Crippen LogP contribution in [0.4, 0.5) is 4.79 Å². The van der Waals surface area contributed by atoms with Crippen LogP contribution in [0.2, 0.25) is 5.15 Å². The number of amides is 1. The normalized spacial score (nSPS) is 13.3. The van der Waals surface area contributed by atoms with Crippen LogP contribution in [-0.2, 0) is 14.4 Å². The topological polar surface area (TPSA) is 77.5 Å². The van der Waals surface area contributed by atoms with Gasteiger partial charge in [-0.15, -0.1) is 0 Å². The van der Waals surface area contributed by atoms with E-state index in [9.17, 15) is 9.00 Å². The molecule has 1 rings (SSSR count). The van der Waals surface area contributed by atoms with Gasteiger partial charge in [-0.25, -0.2) is 18.7 Å². The molecular weight excluding hydrogens is 292 g/mol. The summed E-state index contributed by atoms with van der Waals surface area (Å²) in [5.74, 6) is 0.296. The Hall–Kier alpha value is -1.47. The van der Waals surface area contributed by atoms with Gasteiger partial charge in [0.15, 0.2) is 0 Å². The molecule has 19 heavy (non-hydrogen) atoms. The fourth-order valence-electron chi connectivity index (χ4n) is 1.28. The number of nitrogens with zero attached hydrogens (tertiary/aromatic N) is 1. The van der Waals surface area contributed by atoms with Crippen LogP contribution in [-0.4, -0.2) is 40.6 Å². The molecule has 0 aliphatic rings. The number of aromatic nitrogens is 1. The monoisotopic (exact) mass is 306 g/mol. The first kappa shape index (κ1) is 15.6. The summed E-state index contributed by atoms with van der Waals surface area (Å²) in [6.45, 7) is 1.87. The number of rotatable bonds is 4. The Bertz CT molecular complexity index is 582. The Morgan fingerprint density at radius 3 is 2.84 bits per heavy atom. The molecule has 1 amide bonds. The lowest BCUT2D eigenvalue weighted by atomic mass is 10.3. The summed E-state index contributed by atoms with van der Waals surface area (Å²) in [5.41, 5.74) is 0.529. The highest BCUT2D eigenvalue weighted by molar-refractivity contribution is 7.99. The van der Waals surface area contributed by atoms with Crippen LogP contribution in [0.25, 0.3) is 0 Å². The Kier molecular flexibility index (Phi) is 5.44. The molecule has 0 saturated heterocycles. The molecule has 0 aliphatic heterocycles. The fraction of sp³-hybridized carbons (Fsp3) is 0.364. The zero-order chi connectivity index (χ0) is 14.5. The lowest BCUT2D eigenvalue weighted by Gasteiger charge is -2.08. The molecule has 0 aromatic carbocycles. The number of hydrogen-bond acceptors (Lipinski definition) is 5. The Morgan fingerprint density at radius 1 is 1.58 bits per heavy atom. The highest BCUT2D eigenvalue weighted by atomic mass is 35.5. The first-order valence-corrected chi connectivity index (χ1v) is 7.77. The molecule has 0 radical (unpaired) electrons. The molecule has 0 fully saturated rings. The number of halogens is 1. The minimum absolute atomic E-state index is 0.205. The summed E-state index contributed by atoms with van der Waals surface area (Å²) < 4.78 is 24.1. The number of carbonyl (C=O) groups is 1. The highest BCUT2D eigenvalue weighted by Gasteiger charge is 2.08. The summed E-state index contributed by atoms with van der Waals surface area (Å²) in [4.78, 5) is 15.1. The third-order valence-electron chi connectivity index (χ3n) is 1.92. The average Bonchev–Trinajstić information content (AvgIpc) is 2.26. The van der Waals surface area contributed by atoms with Crippen LogP contribution < -0.4 is 9.46 Å². The Balaban J connectivity index is 3.03. The van der Waals surface area contributed by atoms with Gasteiger partial charge in [0.25, 0.3) is 0 Å². The number of hydrogen-bond donors (Lipinski definition) is 1. The van der Waals surface area contributed by atoms with E-state index in [0.29, 0.717) is 11.4 Å². The Labute approximate surface area is 117 Å². The third kappa shape index (κ3) is 5.35. The van der Waals surface area contributed by atoms with Crippen LogP contribution in [0.1, 0.15) is 12.5 Å². The molecule has 0 spiro atoms. The first-order chi connectivity index (χ1) is 8.86. The van der Waals surface area contributed by atoms with E-state index in [2.05, 4.69) is 14.4 Å². The maximum atomic E-state index is 12.2. The summed E-state index contributed by atoms with van der Waals surface area (Å²) in [6.07, 6.45) is 0.642. The van der Waals surface area contributed by atoms with Gasteiger partial charge in [-0.2, -0.15) is 0 Å². The van der Waals surface area contributed by atoms with Gasteiger partial charge in [0.1, 0.15) is 5.15 Å². The molecule has 8 heteroatoms. The Morgan fingerprint density at radius 2 is 2.26 bits per heavy atom. The highest BCUT2D eigenvalue weighted by Crippen LogP contribution is 2.14. The predicted octanol–water partition coefficient (Wildman–Crippen LogP) is 1.47. The van der Waals surface area contributed by atoms with Gasteiger partial charge >= 0.3 is 6.09 Å². The second kappa shape index (κ2) is 6.63. The molecule has 1 aromatic heterocycles. The second-order valence-corrected chi connectivity index (χ2v) is 6.24. The molecule has 106 valence electrons. The smallest absolute Gasteiger partial charge is 0.418 e. The van der Waals surface area contributed by atoms with E-state index < -0.39 is 15.8 Å². The molecule has 1 aromatic rings.